The van der Waals surface area contributed by atoms with E-state index in [4.69, 9.17) is 0 Å². The number of β-amino-alcohol motifs (C(OH)–C–C–N with tert-alkyl or cyclic N) is 1. The molecule has 0 saturated heterocycles. The molecule has 0 amide bonds. The fourth-order valence-electron chi connectivity index (χ4n) is 2.42. The zero-order valence-electron chi connectivity index (χ0n) is 14.3. The van der Waals surface area contributed by atoms with Gasteiger partial charge in [0.15, 0.2) is 10.8 Å². The molecule has 5 nitrogen and oxygen atoms in total. The molecule has 0 radical (unpaired) electrons. The molecule has 0 saturated carbocycles. The van der Waals surface area contributed by atoms with Gasteiger partial charge in [-0.05, 0) is 30.5 Å². The van der Waals surface area contributed by atoms with Gasteiger partial charge in [0.05, 0.1) is 6.54 Å². The van der Waals surface area contributed by atoms with E-state index in [0.717, 1.165) is 4.90 Å². The Hall–Kier alpha value is -1.65. The molecule has 0 spiro atoms. The number of rotatable bonds is 4. The lowest BCUT2D eigenvalue weighted by molar-refractivity contribution is -0.249. The second-order valence-electron chi connectivity index (χ2n) is 6.13. The van der Waals surface area contributed by atoms with Crippen molar-refractivity contribution < 1.29 is 18.3 Å². The molecular formula is C16H17F3N4OS2. The van der Waals surface area contributed by atoms with Crippen LogP contribution in [-0.4, -0.2) is 45.8 Å². The molecule has 1 N–H and O–H groups in total. The number of halogens is 3. The monoisotopic (exact) mass is 402 g/mol. The number of anilines is 1. The molecule has 3 rings (SSSR count). The number of aliphatic hydroxyl groups is 1. The highest BCUT2D eigenvalue weighted by Gasteiger charge is 2.59. The highest BCUT2D eigenvalue weighted by atomic mass is 32.2. The number of benzene rings is 1. The zero-order valence-corrected chi connectivity index (χ0v) is 15.9. The average Bonchev–Trinajstić information content (AvgIpc) is 3.19. The summed E-state index contributed by atoms with van der Waals surface area (Å²) in [5.74, 6) is 0.0743. The minimum atomic E-state index is -4.89. The Labute approximate surface area is 157 Å². The van der Waals surface area contributed by atoms with E-state index in [1.165, 1.54) is 28.0 Å². The summed E-state index contributed by atoms with van der Waals surface area (Å²) in [6.07, 6.45) is -2.98. The molecule has 10 heteroatoms. The molecule has 1 aliphatic rings. The lowest BCUT2D eigenvalue weighted by atomic mass is 10.2. The third-order valence-corrected chi connectivity index (χ3v) is 5.85. The van der Waals surface area contributed by atoms with Crippen molar-refractivity contribution in [1.29, 1.82) is 0 Å². The molecule has 26 heavy (non-hydrogen) atoms. The second-order valence-corrected chi connectivity index (χ2v) is 8.02. The van der Waals surface area contributed by atoms with Crippen LogP contribution < -0.4 is 4.90 Å². The number of aliphatic imine (C=N–C) groups is 1. The SMILES string of the molecule is CSc1ccc(N2CC(O)(C(F)(F)F)N=C2c2nnc(C(C)C)s2)cc1. The molecule has 1 aromatic carbocycles. The summed E-state index contributed by atoms with van der Waals surface area (Å²) in [6, 6.07) is 7.02. The Kier molecular flexibility index (Phi) is 5.02. The van der Waals surface area contributed by atoms with Gasteiger partial charge in [-0.15, -0.1) is 22.0 Å². The molecule has 2 aromatic rings. The summed E-state index contributed by atoms with van der Waals surface area (Å²) in [4.78, 5) is 5.93. The van der Waals surface area contributed by atoms with Crippen molar-refractivity contribution in [3.05, 3.63) is 34.3 Å². The predicted molar refractivity (Wildman–Crippen MR) is 97.1 cm³/mol. The molecule has 140 valence electrons. The maximum absolute atomic E-state index is 13.4. The van der Waals surface area contributed by atoms with Gasteiger partial charge in [-0.25, -0.2) is 4.99 Å². The van der Waals surface area contributed by atoms with Crippen LogP contribution in [-0.2, 0) is 0 Å². The smallest absolute Gasteiger partial charge is 0.361 e. The summed E-state index contributed by atoms with van der Waals surface area (Å²) in [5, 5.41) is 19.1. The summed E-state index contributed by atoms with van der Waals surface area (Å²) >= 11 is 2.71. The van der Waals surface area contributed by atoms with Crippen LogP contribution in [0, 0.1) is 0 Å². The largest absolute Gasteiger partial charge is 0.440 e. The number of amidine groups is 1. The van der Waals surface area contributed by atoms with E-state index in [-0.39, 0.29) is 16.8 Å². The molecule has 1 aliphatic heterocycles. The lowest BCUT2D eigenvalue weighted by Crippen LogP contribution is -2.47. The van der Waals surface area contributed by atoms with Gasteiger partial charge < -0.3 is 10.0 Å². The van der Waals surface area contributed by atoms with Crippen LogP contribution in [0.25, 0.3) is 0 Å². The first-order valence-corrected chi connectivity index (χ1v) is 9.83. The van der Waals surface area contributed by atoms with E-state index < -0.39 is 18.4 Å². The van der Waals surface area contributed by atoms with Crippen molar-refractivity contribution in [3.8, 4) is 0 Å². The highest BCUT2D eigenvalue weighted by molar-refractivity contribution is 7.98. The van der Waals surface area contributed by atoms with Gasteiger partial charge in [0.1, 0.15) is 5.01 Å². The Bertz CT molecular complexity index is 820. The minimum Gasteiger partial charge on any atom is -0.361 e. The van der Waals surface area contributed by atoms with E-state index in [1.54, 1.807) is 12.1 Å². The fraction of sp³-hybridized carbons (Fsp3) is 0.438. The van der Waals surface area contributed by atoms with E-state index in [9.17, 15) is 18.3 Å². The molecule has 2 heterocycles. The van der Waals surface area contributed by atoms with Crippen molar-refractivity contribution in [1.82, 2.24) is 10.2 Å². The third kappa shape index (κ3) is 3.45. The van der Waals surface area contributed by atoms with E-state index in [2.05, 4.69) is 15.2 Å². The van der Waals surface area contributed by atoms with Crippen LogP contribution in [0.5, 0.6) is 0 Å². The van der Waals surface area contributed by atoms with Crippen LogP contribution in [0.3, 0.4) is 0 Å². The summed E-state index contributed by atoms with van der Waals surface area (Å²) in [5.41, 5.74) is -2.67. The number of alkyl halides is 3. The fourth-order valence-corrected chi connectivity index (χ4v) is 3.67. The van der Waals surface area contributed by atoms with Crippen molar-refractivity contribution in [2.75, 3.05) is 17.7 Å². The van der Waals surface area contributed by atoms with E-state index in [0.29, 0.717) is 10.7 Å². The molecule has 1 atom stereocenters. The Morgan fingerprint density at radius 3 is 2.38 bits per heavy atom. The molecule has 0 aliphatic carbocycles. The number of hydrogen-bond acceptors (Lipinski definition) is 7. The highest BCUT2D eigenvalue weighted by Crippen LogP contribution is 2.39. The third-order valence-electron chi connectivity index (χ3n) is 3.89. The van der Waals surface area contributed by atoms with Crippen molar-refractivity contribution in [2.24, 2.45) is 4.99 Å². The van der Waals surface area contributed by atoms with Crippen LogP contribution in [0.4, 0.5) is 18.9 Å². The van der Waals surface area contributed by atoms with Crippen molar-refractivity contribution in [3.63, 3.8) is 0 Å². The van der Waals surface area contributed by atoms with Crippen LogP contribution in [0.2, 0.25) is 0 Å². The average molecular weight is 402 g/mol. The van der Waals surface area contributed by atoms with Gasteiger partial charge in [-0.3, -0.25) is 0 Å². The number of hydrogen-bond donors (Lipinski definition) is 1. The first-order chi connectivity index (χ1) is 12.1. The van der Waals surface area contributed by atoms with Crippen molar-refractivity contribution >= 4 is 34.6 Å². The topological polar surface area (TPSA) is 61.6 Å². The Balaban J connectivity index is 2.05. The Morgan fingerprint density at radius 2 is 1.88 bits per heavy atom. The molecule has 1 aromatic heterocycles. The standard InChI is InChI=1S/C16H17F3N4OS2/c1-9(2)13-21-22-14(26-13)12-20-15(24,16(17,18)19)8-23(12)10-4-6-11(25-3)7-5-10/h4-7,9,24H,8H2,1-3H3. The number of thioether (sulfide) groups is 1. The number of aromatic nitrogens is 2. The first-order valence-electron chi connectivity index (χ1n) is 7.79. The quantitative estimate of drug-likeness (QED) is 0.786. The summed E-state index contributed by atoms with van der Waals surface area (Å²) in [6.45, 7) is 3.12. The van der Waals surface area contributed by atoms with Crippen LogP contribution >= 0.6 is 23.1 Å². The van der Waals surface area contributed by atoms with Gasteiger partial charge >= 0.3 is 6.18 Å². The maximum atomic E-state index is 13.4. The van der Waals surface area contributed by atoms with Gasteiger partial charge in [0, 0.05) is 16.5 Å². The van der Waals surface area contributed by atoms with Gasteiger partial charge in [-0.2, -0.15) is 13.2 Å². The Morgan fingerprint density at radius 1 is 1.23 bits per heavy atom. The maximum Gasteiger partial charge on any atom is 0.440 e. The van der Waals surface area contributed by atoms with Gasteiger partial charge in [0.25, 0.3) is 5.72 Å². The molecule has 1 unspecified atom stereocenters. The zero-order chi connectivity index (χ0) is 19.1. The van der Waals surface area contributed by atoms with Crippen LogP contribution in [0.1, 0.15) is 29.8 Å². The van der Waals surface area contributed by atoms with Crippen LogP contribution in [0.15, 0.2) is 34.2 Å². The first kappa shape index (κ1) is 19.1. The summed E-state index contributed by atoms with van der Waals surface area (Å²) in [7, 11) is 0. The van der Waals surface area contributed by atoms with Gasteiger partial charge in [-0.1, -0.05) is 25.2 Å². The molecule has 0 fully saturated rings. The van der Waals surface area contributed by atoms with E-state index in [1.807, 2.05) is 32.2 Å². The van der Waals surface area contributed by atoms with E-state index >= 15 is 0 Å². The van der Waals surface area contributed by atoms with Gasteiger partial charge in [0.2, 0.25) is 0 Å². The molecular weight excluding hydrogens is 385 g/mol. The number of nitrogens with zero attached hydrogens (tertiary/aromatic N) is 4. The summed E-state index contributed by atoms with van der Waals surface area (Å²) < 4.78 is 40.1. The minimum absolute atomic E-state index is 0.0221. The molecule has 0 bridgehead atoms. The predicted octanol–water partition coefficient (Wildman–Crippen LogP) is 3.90. The lowest BCUT2D eigenvalue weighted by Gasteiger charge is -2.25. The normalized spacial score (nSPS) is 20.8. The second kappa shape index (κ2) is 6.82. The van der Waals surface area contributed by atoms with Crippen molar-refractivity contribution in [2.45, 2.75) is 36.6 Å².